The van der Waals surface area contributed by atoms with Crippen LogP contribution >= 0.6 is 0 Å². The van der Waals surface area contributed by atoms with Gasteiger partial charge in [0.1, 0.15) is 11.8 Å². The summed E-state index contributed by atoms with van der Waals surface area (Å²) in [5.74, 6) is -0.169. The van der Waals surface area contributed by atoms with Crippen molar-refractivity contribution in [3.05, 3.63) is 83.9 Å². The number of hydrogen-bond donors (Lipinski definition) is 0. The topological polar surface area (TPSA) is 99.7 Å². The van der Waals surface area contributed by atoms with Crippen LogP contribution in [-0.4, -0.2) is 95.1 Å². The summed E-state index contributed by atoms with van der Waals surface area (Å²) in [6.45, 7) is 10.6. The average Bonchev–Trinajstić information content (AvgIpc) is 3.22. The summed E-state index contributed by atoms with van der Waals surface area (Å²) in [6.07, 6.45) is -0.132. The number of amides is 1. The first kappa shape index (κ1) is 34.3. The quantitative estimate of drug-likeness (QED) is 0.309. The number of rotatable bonds is 9. The Hall–Kier alpha value is -4.09. The van der Waals surface area contributed by atoms with Gasteiger partial charge in [-0.25, -0.2) is 8.42 Å². The summed E-state index contributed by atoms with van der Waals surface area (Å²) in [6, 6.07) is 21.5. The molecule has 0 bridgehead atoms. The highest BCUT2D eigenvalue weighted by Gasteiger charge is 2.51. The molecule has 11 heteroatoms. The first-order valence-electron chi connectivity index (χ1n) is 16.2. The van der Waals surface area contributed by atoms with Crippen LogP contribution < -0.4 is 14.5 Å². The standard InChI is InChI=1S/C36H46N4O6S/c1-6-46-33(41)25-36(4)26-39(47(43,44)31-14-10-13-30(24-31)45-5)21-22-40(29-11-8-7-9-12-29)34(36)35(42)38-19-17-37(18-20-38)32-23-27(2)15-16-28(32)3/h7-16,23-24,34H,6,17-22,25-26H2,1-5H3. The van der Waals surface area contributed by atoms with Crippen LogP contribution in [-0.2, 0) is 24.3 Å². The largest absolute Gasteiger partial charge is 0.497 e. The van der Waals surface area contributed by atoms with Crippen LogP contribution in [0.3, 0.4) is 0 Å². The Kier molecular flexibility index (Phi) is 10.5. The molecule has 2 fully saturated rings. The number of carbonyl (C=O) groups excluding carboxylic acids is 2. The number of nitrogens with zero attached hydrogens (tertiary/aromatic N) is 4. The van der Waals surface area contributed by atoms with Crippen LogP contribution in [0.2, 0.25) is 0 Å². The highest BCUT2D eigenvalue weighted by Crippen LogP contribution is 2.39. The first-order chi connectivity index (χ1) is 22.5. The van der Waals surface area contributed by atoms with Crippen LogP contribution in [0, 0.1) is 19.3 Å². The minimum atomic E-state index is -4.02. The number of carbonyl (C=O) groups is 2. The van der Waals surface area contributed by atoms with Gasteiger partial charge in [-0.05, 0) is 62.2 Å². The fourth-order valence-corrected chi connectivity index (χ4v) is 8.43. The third kappa shape index (κ3) is 7.41. The number of sulfonamides is 1. The Morgan fingerprint density at radius 2 is 1.62 bits per heavy atom. The van der Waals surface area contributed by atoms with Gasteiger partial charge in [-0.2, -0.15) is 4.31 Å². The number of methoxy groups -OCH3 is 1. The van der Waals surface area contributed by atoms with E-state index in [-0.39, 0.29) is 43.5 Å². The molecule has 0 aromatic heterocycles. The zero-order valence-corrected chi connectivity index (χ0v) is 28.8. The molecule has 3 aromatic carbocycles. The highest BCUT2D eigenvalue weighted by atomic mass is 32.2. The molecule has 1 amide bonds. The molecule has 2 saturated heterocycles. The minimum Gasteiger partial charge on any atom is -0.497 e. The van der Waals surface area contributed by atoms with E-state index in [0.717, 1.165) is 5.69 Å². The van der Waals surface area contributed by atoms with Gasteiger partial charge in [-0.1, -0.05) is 43.3 Å². The number of para-hydroxylation sites is 1. The first-order valence-corrected chi connectivity index (χ1v) is 17.6. The van der Waals surface area contributed by atoms with Crippen LogP contribution in [0.5, 0.6) is 5.75 Å². The van der Waals surface area contributed by atoms with Gasteiger partial charge >= 0.3 is 5.97 Å². The Morgan fingerprint density at radius 1 is 0.894 bits per heavy atom. The predicted octanol–water partition coefficient (Wildman–Crippen LogP) is 4.50. The minimum absolute atomic E-state index is 0.0481. The number of esters is 1. The fraction of sp³-hybridized carbons (Fsp3) is 0.444. The molecule has 2 unspecified atom stereocenters. The number of ether oxygens (including phenoxy) is 2. The lowest BCUT2D eigenvalue weighted by Gasteiger charge is -2.46. The maximum Gasteiger partial charge on any atom is 0.306 e. The van der Waals surface area contributed by atoms with Gasteiger partial charge in [0.05, 0.1) is 25.0 Å². The van der Waals surface area contributed by atoms with Crippen LogP contribution in [0.4, 0.5) is 11.4 Å². The molecule has 0 aliphatic carbocycles. The van der Waals surface area contributed by atoms with Crippen molar-refractivity contribution in [3.63, 3.8) is 0 Å². The SMILES string of the molecule is CCOC(=O)CC1(C)CN(S(=O)(=O)c2cccc(OC)c2)CCN(c2ccccc2)C1C(=O)N1CCN(c2cc(C)ccc2C)CC1. The summed E-state index contributed by atoms with van der Waals surface area (Å²) in [5, 5.41) is 0. The summed E-state index contributed by atoms with van der Waals surface area (Å²) in [4.78, 5) is 34.3. The third-order valence-electron chi connectivity index (χ3n) is 9.25. The average molecular weight is 663 g/mol. The van der Waals surface area contributed by atoms with Crippen molar-refractivity contribution in [1.29, 1.82) is 0 Å². The molecular formula is C36H46N4O6S. The van der Waals surface area contributed by atoms with Gasteiger partial charge in [-0.3, -0.25) is 9.59 Å². The van der Waals surface area contributed by atoms with E-state index < -0.39 is 27.4 Å². The van der Waals surface area contributed by atoms with Crippen LogP contribution in [0.15, 0.2) is 77.7 Å². The van der Waals surface area contributed by atoms with E-state index in [1.54, 1.807) is 25.1 Å². The van der Waals surface area contributed by atoms with Crippen LogP contribution in [0.25, 0.3) is 0 Å². The second-order valence-corrected chi connectivity index (χ2v) is 14.6. The van der Waals surface area contributed by atoms with Crippen molar-refractivity contribution < 1.29 is 27.5 Å². The molecule has 0 N–H and O–H groups in total. The lowest BCUT2D eigenvalue weighted by Crippen LogP contribution is -2.61. The molecule has 2 aliphatic heterocycles. The molecule has 3 aromatic rings. The van der Waals surface area contributed by atoms with Crippen molar-refractivity contribution in [3.8, 4) is 5.75 Å². The molecular weight excluding hydrogens is 616 g/mol. The number of benzene rings is 3. The van der Waals surface area contributed by atoms with E-state index in [1.807, 2.05) is 47.1 Å². The molecule has 10 nitrogen and oxygen atoms in total. The highest BCUT2D eigenvalue weighted by molar-refractivity contribution is 7.89. The zero-order chi connectivity index (χ0) is 33.8. The number of piperazine rings is 1. The van der Waals surface area contributed by atoms with Crippen LogP contribution in [0.1, 0.15) is 31.4 Å². The normalized spacial score (nSPS) is 20.9. The van der Waals surface area contributed by atoms with Crippen molar-refractivity contribution in [2.75, 3.05) is 69.3 Å². The Labute approximate surface area is 278 Å². The van der Waals surface area contributed by atoms with E-state index >= 15 is 0 Å². The maximum absolute atomic E-state index is 14.8. The number of aryl methyl sites for hydroxylation is 2. The second kappa shape index (κ2) is 14.4. The molecule has 5 rings (SSSR count). The Bertz CT molecular complexity index is 1680. The molecule has 0 radical (unpaired) electrons. The van der Waals surface area contributed by atoms with Crippen molar-refractivity contribution in [1.82, 2.24) is 9.21 Å². The van der Waals surface area contributed by atoms with E-state index in [1.165, 1.54) is 34.3 Å². The predicted molar refractivity (Wildman–Crippen MR) is 183 cm³/mol. The van der Waals surface area contributed by atoms with Crippen molar-refractivity contribution in [2.24, 2.45) is 5.41 Å². The lowest BCUT2D eigenvalue weighted by molar-refractivity contribution is -0.147. The number of anilines is 2. The zero-order valence-electron chi connectivity index (χ0n) is 28.0. The second-order valence-electron chi connectivity index (χ2n) is 12.7. The van der Waals surface area contributed by atoms with Gasteiger partial charge in [0.25, 0.3) is 0 Å². The number of hydrogen-bond acceptors (Lipinski definition) is 8. The van der Waals surface area contributed by atoms with E-state index in [2.05, 4.69) is 36.9 Å². The molecule has 47 heavy (non-hydrogen) atoms. The Balaban J connectivity index is 1.52. The molecule has 252 valence electrons. The Morgan fingerprint density at radius 3 is 2.30 bits per heavy atom. The summed E-state index contributed by atoms with van der Waals surface area (Å²) in [5.41, 5.74) is 3.20. The van der Waals surface area contributed by atoms with Gasteiger partial charge in [-0.15, -0.1) is 0 Å². The van der Waals surface area contributed by atoms with Gasteiger partial charge in [0.15, 0.2) is 0 Å². The van der Waals surface area contributed by atoms with Gasteiger partial charge in [0, 0.05) is 68.7 Å². The smallest absolute Gasteiger partial charge is 0.306 e. The summed E-state index contributed by atoms with van der Waals surface area (Å²) < 4.78 is 40.5. The summed E-state index contributed by atoms with van der Waals surface area (Å²) in [7, 11) is -2.53. The molecule has 0 spiro atoms. The molecule has 2 heterocycles. The third-order valence-corrected chi connectivity index (χ3v) is 11.1. The van der Waals surface area contributed by atoms with Gasteiger partial charge < -0.3 is 24.2 Å². The van der Waals surface area contributed by atoms with Gasteiger partial charge in [0.2, 0.25) is 15.9 Å². The molecule has 2 aliphatic rings. The molecule has 0 saturated carbocycles. The van der Waals surface area contributed by atoms with Crippen molar-refractivity contribution >= 4 is 33.3 Å². The lowest BCUT2D eigenvalue weighted by atomic mass is 9.77. The van der Waals surface area contributed by atoms with Crippen molar-refractivity contribution in [2.45, 2.75) is 45.1 Å². The maximum atomic E-state index is 14.8. The fourth-order valence-electron chi connectivity index (χ4n) is 6.83. The monoisotopic (exact) mass is 662 g/mol. The van der Waals surface area contributed by atoms with E-state index in [0.29, 0.717) is 31.9 Å². The summed E-state index contributed by atoms with van der Waals surface area (Å²) >= 11 is 0. The van der Waals surface area contributed by atoms with E-state index in [4.69, 9.17) is 9.47 Å². The molecule has 2 atom stereocenters. The van der Waals surface area contributed by atoms with E-state index in [9.17, 15) is 18.0 Å².